The summed E-state index contributed by atoms with van der Waals surface area (Å²) in [6, 6.07) is 3.81. The molecule has 16 heavy (non-hydrogen) atoms. The predicted octanol–water partition coefficient (Wildman–Crippen LogP) is 2.88. The van der Waals surface area contributed by atoms with Gasteiger partial charge in [0.15, 0.2) is 0 Å². The van der Waals surface area contributed by atoms with Crippen LogP contribution in [0.15, 0.2) is 24.9 Å². The van der Waals surface area contributed by atoms with Gasteiger partial charge in [-0.15, -0.1) is 0 Å². The van der Waals surface area contributed by atoms with Gasteiger partial charge in [-0.3, -0.25) is 9.78 Å². The van der Waals surface area contributed by atoms with Crippen molar-refractivity contribution in [2.45, 2.75) is 31.8 Å². The molecule has 3 nitrogen and oxygen atoms in total. The number of aromatic nitrogens is 1. The van der Waals surface area contributed by atoms with Crippen LogP contribution in [0.25, 0.3) is 6.08 Å². The third-order valence-electron chi connectivity index (χ3n) is 2.78. The molecule has 84 valence electrons. The minimum absolute atomic E-state index is 0.110. The number of cyclic esters (lactones) is 1. The van der Waals surface area contributed by atoms with Crippen LogP contribution in [0.1, 0.15) is 43.0 Å². The van der Waals surface area contributed by atoms with Crippen LogP contribution in [0.2, 0.25) is 0 Å². The molecule has 1 saturated heterocycles. The predicted molar refractivity (Wildman–Crippen MR) is 61.6 cm³/mol. The Balaban J connectivity index is 2.27. The van der Waals surface area contributed by atoms with E-state index in [1.165, 1.54) is 0 Å². The summed E-state index contributed by atoms with van der Waals surface area (Å²) in [5.41, 5.74) is 1.77. The first-order valence-corrected chi connectivity index (χ1v) is 5.58. The van der Waals surface area contributed by atoms with Crippen molar-refractivity contribution < 1.29 is 9.53 Å². The summed E-state index contributed by atoms with van der Waals surface area (Å²) in [6.07, 6.45) is 6.60. The summed E-state index contributed by atoms with van der Waals surface area (Å²) in [6.45, 7) is 3.73. The van der Waals surface area contributed by atoms with Crippen LogP contribution >= 0.6 is 0 Å². The summed E-state index contributed by atoms with van der Waals surface area (Å²) in [5.74, 6) is -0.110. The second kappa shape index (κ2) is 4.92. The molecular formula is C13H15NO2. The first kappa shape index (κ1) is 10.9. The zero-order valence-corrected chi connectivity index (χ0v) is 9.19. The van der Waals surface area contributed by atoms with Gasteiger partial charge in [0, 0.05) is 18.2 Å². The molecule has 0 aliphatic carbocycles. The molecule has 2 heterocycles. The van der Waals surface area contributed by atoms with Crippen molar-refractivity contribution in [3.63, 3.8) is 0 Å². The molecule has 0 spiro atoms. The molecule has 1 aromatic heterocycles. The van der Waals surface area contributed by atoms with Gasteiger partial charge in [-0.25, -0.2) is 0 Å². The van der Waals surface area contributed by atoms with E-state index in [4.69, 9.17) is 4.74 Å². The zero-order valence-electron chi connectivity index (χ0n) is 9.19. The van der Waals surface area contributed by atoms with Gasteiger partial charge in [0.05, 0.1) is 5.69 Å². The fourth-order valence-electron chi connectivity index (χ4n) is 1.97. The van der Waals surface area contributed by atoms with Gasteiger partial charge in [-0.2, -0.15) is 0 Å². The van der Waals surface area contributed by atoms with Crippen LogP contribution < -0.4 is 0 Å². The number of hydrogen-bond acceptors (Lipinski definition) is 3. The number of nitrogens with zero attached hydrogens (tertiary/aromatic N) is 1. The van der Waals surface area contributed by atoms with Crippen molar-refractivity contribution >= 4 is 12.0 Å². The SMILES string of the molecule is C=Cc1ncccc1C1CCCCC(=O)O1. The highest BCUT2D eigenvalue weighted by Gasteiger charge is 2.21. The Morgan fingerprint density at radius 2 is 2.38 bits per heavy atom. The first-order chi connectivity index (χ1) is 7.81. The zero-order chi connectivity index (χ0) is 11.4. The van der Waals surface area contributed by atoms with E-state index in [-0.39, 0.29) is 12.1 Å². The van der Waals surface area contributed by atoms with Crippen LogP contribution in [0.4, 0.5) is 0 Å². The quantitative estimate of drug-likeness (QED) is 0.715. The molecule has 1 fully saturated rings. The summed E-state index contributed by atoms with van der Waals surface area (Å²) >= 11 is 0. The van der Waals surface area contributed by atoms with E-state index in [0.717, 1.165) is 30.5 Å². The van der Waals surface area contributed by atoms with Gasteiger partial charge in [-0.1, -0.05) is 12.6 Å². The van der Waals surface area contributed by atoms with Crippen molar-refractivity contribution in [1.82, 2.24) is 4.98 Å². The first-order valence-electron chi connectivity index (χ1n) is 5.58. The average molecular weight is 217 g/mol. The van der Waals surface area contributed by atoms with Crippen LogP contribution in [-0.2, 0) is 9.53 Å². The second-order valence-electron chi connectivity index (χ2n) is 3.91. The van der Waals surface area contributed by atoms with Crippen molar-refractivity contribution in [3.8, 4) is 0 Å². The summed E-state index contributed by atoms with van der Waals surface area (Å²) in [5, 5.41) is 0. The standard InChI is InChI=1S/C13H15NO2/c1-2-11-10(6-5-9-14-11)12-7-3-4-8-13(15)16-12/h2,5-6,9,12H,1,3-4,7-8H2. The minimum Gasteiger partial charge on any atom is -0.457 e. The topological polar surface area (TPSA) is 39.2 Å². The van der Waals surface area contributed by atoms with Gasteiger partial charge in [0.2, 0.25) is 0 Å². The van der Waals surface area contributed by atoms with Crippen molar-refractivity contribution in [1.29, 1.82) is 0 Å². The number of carbonyl (C=O) groups is 1. The highest BCUT2D eigenvalue weighted by Crippen LogP contribution is 2.29. The molecule has 0 saturated carbocycles. The normalized spacial score (nSPS) is 21.0. The van der Waals surface area contributed by atoms with E-state index in [2.05, 4.69) is 11.6 Å². The molecular weight excluding hydrogens is 202 g/mol. The van der Waals surface area contributed by atoms with Crippen LogP contribution in [0.3, 0.4) is 0 Å². The number of ether oxygens (including phenoxy) is 1. The Morgan fingerprint density at radius 3 is 3.19 bits per heavy atom. The minimum atomic E-state index is -0.156. The highest BCUT2D eigenvalue weighted by atomic mass is 16.5. The molecule has 1 aromatic rings. The fraction of sp³-hybridized carbons (Fsp3) is 0.385. The lowest BCUT2D eigenvalue weighted by Gasteiger charge is -2.16. The van der Waals surface area contributed by atoms with Crippen LogP contribution in [-0.4, -0.2) is 11.0 Å². The number of pyridine rings is 1. The highest BCUT2D eigenvalue weighted by molar-refractivity contribution is 5.70. The molecule has 1 aliphatic rings. The molecule has 0 aromatic carbocycles. The molecule has 0 bridgehead atoms. The Bertz CT molecular complexity index is 401. The molecule has 0 N–H and O–H groups in total. The molecule has 1 atom stereocenters. The van der Waals surface area contributed by atoms with Crippen LogP contribution in [0, 0.1) is 0 Å². The van der Waals surface area contributed by atoms with E-state index >= 15 is 0 Å². The molecule has 3 heteroatoms. The molecule has 0 amide bonds. The summed E-state index contributed by atoms with van der Waals surface area (Å²) in [7, 11) is 0. The number of rotatable bonds is 2. The van der Waals surface area contributed by atoms with Gasteiger partial charge in [0.25, 0.3) is 0 Å². The smallest absolute Gasteiger partial charge is 0.306 e. The lowest BCUT2D eigenvalue weighted by Crippen LogP contribution is -2.09. The average Bonchev–Trinajstić information content (AvgIpc) is 2.54. The van der Waals surface area contributed by atoms with Crippen molar-refractivity contribution in [2.24, 2.45) is 0 Å². The van der Waals surface area contributed by atoms with Gasteiger partial charge in [0.1, 0.15) is 6.10 Å². The maximum absolute atomic E-state index is 11.4. The fourth-order valence-corrected chi connectivity index (χ4v) is 1.97. The lowest BCUT2D eigenvalue weighted by atomic mass is 10.0. The van der Waals surface area contributed by atoms with Gasteiger partial charge in [-0.05, 0) is 31.4 Å². The molecule has 1 aliphatic heterocycles. The molecule has 2 rings (SSSR count). The third kappa shape index (κ3) is 2.30. The van der Waals surface area contributed by atoms with Crippen LogP contribution in [0.5, 0.6) is 0 Å². The second-order valence-corrected chi connectivity index (χ2v) is 3.91. The van der Waals surface area contributed by atoms with E-state index < -0.39 is 0 Å². The van der Waals surface area contributed by atoms with Crippen molar-refractivity contribution in [3.05, 3.63) is 36.2 Å². The van der Waals surface area contributed by atoms with E-state index in [0.29, 0.717) is 6.42 Å². The Hall–Kier alpha value is -1.64. The number of esters is 1. The molecule has 0 radical (unpaired) electrons. The summed E-state index contributed by atoms with van der Waals surface area (Å²) < 4.78 is 5.41. The summed E-state index contributed by atoms with van der Waals surface area (Å²) in [4.78, 5) is 15.6. The maximum atomic E-state index is 11.4. The van der Waals surface area contributed by atoms with E-state index in [1.54, 1.807) is 12.3 Å². The monoisotopic (exact) mass is 217 g/mol. The van der Waals surface area contributed by atoms with E-state index in [1.807, 2.05) is 12.1 Å². The lowest BCUT2D eigenvalue weighted by molar-refractivity contribution is -0.148. The Kier molecular flexibility index (Phi) is 3.34. The molecule has 1 unspecified atom stereocenters. The Morgan fingerprint density at radius 1 is 1.50 bits per heavy atom. The Labute approximate surface area is 95.2 Å². The third-order valence-corrected chi connectivity index (χ3v) is 2.78. The van der Waals surface area contributed by atoms with E-state index in [9.17, 15) is 4.79 Å². The number of carbonyl (C=O) groups excluding carboxylic acids is 1. The number of hydrogen-bond donors (Lipinski definition) is 0. The largest absolute Gasteiger partial charge is 0.457 e. The maximum Gasteiger partial charge on any atom is 0.306 e. The van der Waals surface area contributed by atoms with Gasteiger partial charge >= 0.3 is 5.97 Å². The van der Waals surface area contributed by atoms with Gasteiger partial charge < -0.3 is 4.74 Å². The van der Waals surface area contributed by atoms with Crippen molar-refractivity contribution in [2.75, 3.05) is 0 Å².